The summed E-state index contributed by atoms with van der Waals surface area (Å²) in [4.78, 5) is 12.5. The molecule has 2 rings (SSSR count). The molecule has 0 spiro atoms. The lowest BCUT2D eigenvalue weighted by Crippen LogP contribution is -2.30. The number of methoxy groups -OCH3 is 1. The third-order valence-electron chi connectivity index (χ3n) is 4.06. The molecular weight excluding hydrogens is 318 g/mol. The van der Waals surface area contributed by atoms with Gasteiger partial charge in [0.1, 0.15) is 11.8 Å². The highest BCUT2D eigenvalue weighted by Crippen LogP contribution is 2.24. The van der Waals surface area contributed by atoms with E-state index in [1.807, 2.05) is 31.2 Å². The van der Waals surface area contributed by atoms with Crippen molar-refractivity contribution in [3.05, 3.63) is 41.6 Å². The molecule has 1 amide bonds. The van der Waals surface area contributed by atoms with Crippen LogP contribution in [0, 0.1) is 12.8 Å². The van der Waals surface area contributed by atoms with E-state index in [0.29, 0.717) is 24.1 Å². The first kappa shape index (κ1) is 19.0. The van der Waals surface area contributed by atoms with Gasteiger partial charge < -0.3 is 14.5 Å². The molecule has 1 heterocycles. The maximum Gasteiger partial charge on any atom is 0.238 e. The van der Waals surface area contributed by atoms with Gasteiger partial charge in [0.15, 0.2) is 0 Å². The Morgan fingerprint density at radius 2 is 1.88 bits per heavy atom. The molecule has 0 saturated heterocycles. The molecule has 25 heavy (non-hydrogen) atoms. The molecule has 0 aliphatic rings. The predicted molar refractivity (Wildman–Crippen MR) is 95.4 cm³/mol. The van der Waals surface area contributed by atoms with Gasteiger partial charge >= 0.3 is 0 Å². The predicted octanol–water partition coefficient (Wildman–Crippen LogP) is 3.78. The van der Waals surface area contributed by atoms with Crippen molar-refractivity contribution in [1.82, 2.24) is 15.5 Å². The van der Waals surface area contributed by atoms with Crippen LogP contribution in [0.1, 0.15) is 62.9 Å². The van der Waals surface area contributed by atoms with Gasteiger partial charge in [0.2, 0.25) is 17.7 Å². The summed E-state index contributed by atoms with van der Waals surface area (Å²) in [6, 6.07) is 7.55. The van der Waals surface area contributed by atoms with E-state index in [2.05, 4.69) is 29.4 Å². The van der Waals surface area contributed by atoms with E-state index in [9.17, 15) is 4.79 Å². The average molecular weight is 345 g/mol. The van der Waals surface area contributed by atoms with E-state index in [1.165, 1.54) is 0 Å². The Bertz CT molecular complexity index is 679. The van der Waals surface area contributed by atoms with Crippen molar-refractivity contribution >= 4 is 5.91 Å². The number of hydrogen-bond donors (Lipinski definition) is 1. The summed E-state index contributed by atoms with van der Waals surface area (Å²) in [5.41, 5.74) is 1.10. The van der Waals surface area contributed by atoms with Crippen LogP contribution in [0.2, 0.25) is 0 Å². The molecule has 1 N–H and O–H groups in total. The molecule has 6 nitrogen and oxygen atoms in total. The highest BCUT2D eigenvalue weighted by atomic mass is 16.5. The number of carbonyl (C=O) groups is 1. The second-order valence-electron chi connectivity index (χ2n) is 6.79. The Morgan fingerprint density at radius 1 is 1.20 bits per heavy atom. The van der Waals surface area contributed by atoms with Gasteiger partial charge in [0.25, 0.3) is 0 Å². The van der Waals surface area contributed by atoms with Gasteiger partial charge in [-0.2, -0.15) is 0 Å². The Balaban J connectivity index is 1.99. The van der Waals surface area contributed by atoms with Crippen LogP contribution in [-0.4, -0.2) is 23.2 Å². The van der Waals surface area contributed by atoms with Crippen molar-refractivity contribution in [2.75, 3.05) is 7.11 Å². The lowest BCUT2D eigenvalue weighted by molar-refractivity contribution is -0.122. The van der Waals surface area contributed by atoms with E-state index in [0.717, 1.165) is 17.7 Å². The second-order valence-corrected chi connectivity index (χ2v) is 6.79. The number of nitrogens with one attached hydrogen (secondary N) is 1. The zero-order valence-corrected chi connectivity index (χ0v) is 15.6. The number of carbonyl (C=O) groups excluding carboxylic acids is 1. The third-order valence-corrected chi connectivity index (χ3v) is 4.06. The third kappa shape index (κ3) is 5.59. The Morgan fingerprint density at radius 3 is 2.40 bits per heavy atom. The zero-order valence-electron chi connectivity index (χ0n) is 15.6. The molecule has 0 aliphatic carbocycles. The van der Waals surface area contributed by atoms with Crippen LogP contribution >= 0.6 is 0 Å². The quantitative estimate of drug-likeness (QED) is 0.788. The Kier molecular flexibility index (Phi) is 6.56. The molecule has 0 radical (unpaired) electrons. The molecule has 1 aromatic heterocycles. The molecular formula is C19H27N3O3. The number of hydrogen-bond acceptors (Lipinski definition) is 5. The van der Waals surface area contributed by atoms with Gasteiger partial charge in [0.05, 0.1) is 7.11 Å². The fourth-order valence-corrected chi connectivity index (χ4v) is 2.73. The van der Waals surface area contributed by atoms with Crippen molar-refractivity contribution in [3.63, 3.8) is 0 Å². The number of rotatable bonds is 8. The lowest BCUT2D eigenvalue weighted by atomic mass is 9.96. The minimum atomic E-state index is -0.253. The SMILES string of the molecule is COc1ccc(C(C)CC(=O)NC(CC(C)C)c2nnc(C)o2)cc1. The summed E-state index contributed by atoms with van der Waals surface area (Å²) < 4.78 is 10.7. The first-order valence-electron chi connectivity index (χ1n) is 8.62. The maximum absolute atomic E-state index is 12.5. The van der Waals surface area contributed by atoms with Crippen LogP contribution in [0.25, 0.3) is 0 Å². The van der Waals surface area contributed by atoms with E-state index in [-0.39, 0.29) is 17.9 Å². The average Bonchev–Trinajstić information content (AvgIpc) is 3.00. The normalized spacial score (nSPS) is 13.5. The smallest absolute Gasteiger partial charge is 0.238 e. The molecule has 136 valence electrons. The minimum Gasteiger partial charge on any atom is -0.497 e. The van der Waals surface area contributed by atoms with Gasteiger partial charge in [-0.3, -0.25) is 4.79 Å². The zero-order chi connectivity index (χ0) is 18.4. The van der Waals surface area contributed by atoms with Gasteiger partial charge in [-0.25, -0.2) is 0 Å². The van der Waals surface area contributed by atoms with Crippen molar-refractivity contribution in [2.24, 2.45) is 5.92 Å². The first-order valence-corrected chi connectivity index (χ1v) is 8.62. The molecule has 0 saturated carbocycles. The highest BCUT2D eigenvalue weighted by molar-refractivity contribution is 5.77. The van der Waals surface area contributed by atoms with Crippen molar-refractivity contribution in [1.29, 1.82) is 0 Å². The molecule has 2 aromatic rings. The molecule has 1 aromatic carbocycles. The number of nitrogens with zero attached hydrogens (tertiary/aromatic N) is 2. The molecule has 6 heteroatoms. The summed E-state index contributed by atoms with van der Waals surface area (Å²) >= 11 is 0. The van der Waals surface area contributed by atoms with Gasteiger partial charge in [0, 0.05) is 13.3 Å². The number of amides is 1. The molecule has 0 fully saturated rings. The lowest BCUT2D eigenvalue weighted by Gasteiger charge is -2.19. The van der Waals surface area contributed by atoms with E-state index < -0.39 is 0 Å². The standard InChI is InChI=1S/C19H27N3O3/c1-12(2)10-17(19-22-21-14(4)25-19)20-18(23)11-13(3)15-6-8-16(24-5)9-7-15/h6-9,12-13,17H,10-11H2,1-5H3,(H,20,23). The van der Waals surface area contributed by atoms with Crippen molar-refractivity contribution < 1.29 is 13.9 Å². The van der Waals surface area contributed by atoms with Crippen LogP contribution in [0.3, 0.4) is 0 Å². The molecule has 2 atom stereocenters. The largest absolute Gasteiger partial charge is 0.497 e. The number of aromatic nitrogens is 2. The Labute approximate surface area is 149 Å². The Hall–Kier alpha value is -2.37. The van der Waals surface area contributed by atoms with Crippen LogP contribution in [0.4, 0.5) is 0 Å². The molecule has 2 unspecified atom stereocenters. The second kappa shape index (κ2) is 8.65. The summed E-state index contributed by atoms with van der Waals surface area (Å²) in [6.45, 7) is 7.98. The highest BCUT2D eigenvalue weighted by Gasteiger charge is 2.22. The van der Waals surface area contributed by atoms with Crippen molar-refractivity contribution in [2.45, 2.75) is 52.5 Å². The van der Waals surface area contributed by atoms with Gasteiger partial charge in [-0.1, -0.05) is 32.9 Å². The fourth-order valence-electron chi connectivity index (χ4n) is 2.73. The molecule has 0 bridgehead atoms. The number of benzene rings is 1. The van der Waals surface area contributed by atoms with E-state index in [1.54, 1.807) is 14.0 Å². The monoisotopic (exact) mass is 345 g/mol. The summed E-state index contributed by atoms with van der Waals surface area (Å²) in [6.07, 6.45) is 1.15. The van der Waals surface area contributed by atoms with Crippen LogP contribution in [0.5, 0.6) is 5.75 Å². The summed E-state index contributed by atoms with van der Waals surface area (Å²) in [7, 11) is 1.64. The van der Waals surface area contributed by atoms with Crippen LogP contribution < -0.4 is 10.1 Å². The first-order chi connectivity index (χ1) is 11.9. The van der Waals surface area contributed by atoms with Gasteiger partial charge in [-0.05, 0) is 36.0 Å². The minimum absolute atomic E-state index is 0.0233. The van der Waals surface area contributed by atoms with E-state index >= 15 is 0 Å². The summed E-state index contributed by atoms with van der Waals surface area (Å²) in [5.74, 6) is 2.27. The number of ether oxygens (including phenoxy) is 1. The topological polar surface area (TPSA) is 77.2 Å². The van der Waals surface area contributed by atoms with Crippen LogP contribution in [0.15, 0.2) is 28.7 Å². The molecule has 0 aliphatic heterocycles. The van der Waals surface area contributed by atoms with E-state index in [4.69, 9.17) is 9.15 Å². The number of aryl methyl sites for hydroxylation is 1. The van der Waals surface area contributed by atoms with Crippen LogP contribution in [-0.2, 0) is 4.79 Å². The van der Waals surface area contributed by atoms with Crippen molar-refractivity contribution in [3.8, 4) is 5.75 Å². The van der Waals surface area contributed by atoms with Gasteiger partial charge in [-0.15, -0.1) is 10.2 Å². The summed E-state index contributed by atoms with van der Waals surface area (Å²) in [5, 5.41) is 11.0. The maximum atomic E-state index is 12.5. The fraction of sp³-hybridized carbons (Fsp3) is 0.526.